The highest BCUT2D eigenvalue weighted by atomic mass is 32.2. The van der Waals surface area contributed by atoms with Crippen LogP contribution in [0.15, 0.2) is 23.2 Å². The Morgan fingerprint density at radius 2 is 2.15 bits per heavy atom. The minimum Gasteiger partial charge on any atom is -0.302 e. The summed E-state index contributed by atoms with van der Waals surface area (Å²) in [6.07, 6.45) is 3.57. The minimum absolute atomic E-state index is 0.0878. The van der Waals surface area contributed by atoms with Crippen LogP contribution < -0.4 is 4.72 Å². The fraction of sp³-hybridized carbons (Fsp3) is 0.538. The van der Waals surface area contributed by atoms with Gasteiger partial charge in [0.15, 0.2) is 0 Å². The summed E-state index contributed by atoms with van der Waals surface area (Å²) in [5, 5.41) is 8.65. The Labute approximate surface area is 119 Å². The fourth-order valence-electron chi connectivity index (χ4n) is 2.33. The standard InChI is InChI=1S/C13H18N4O2S/c1-11(10-17-6-2-3-7-17)16-20(18,19)13-5-4-12(8-14)15-9-13/h4-5,9,11,16H,2-3,6-7,10H2,1H3. The van der Waals surface area contributed by atoms with E-state index in [1.165, 1.54) is 31.2 Å². The van der Waals surface area contributed by atoms with Crippen molar-refractivity contribution in [2.45, 2.75) is 30.7 Å². The number of nitrogens with zero attached hydrogens (tertiary/aromatic N) is 3. The summed E-state index contributed by atoms with van der Waals surface area (Å²) in [6.45, 7) is 4.63. The number of pyridine rings is 1. The SMILES string of the molecule is CC(CN1CCCC1)NS(=O)(=O)c1ccc(C#N)nc1. The van der Waals surface area contributed by atoms with E-state index >= 15 is 0 Å². The molecule has 20 heavy (non-hydrogen) atoms. The Bertz CT molecular complexity index is 586. The van der Waals surface area contributed by atoms with Crippen molar-refractivity contribution in [3.63, 3.8) is 0 Å². The van der Waals surface area contributed by atoms with E-state index in [2.05, 4.69) is 14.6 Å². The van der Waals surface area contributed by atoms with E-state index in [1.807, 2.05) is 13.0 Å². The highest BCUT2D eigenvalue weighted by Gasteiger charge is 2.20. The van der Waals surface area contributed by atoms with Gasteiger partial charge in [-0.2, -0.15) is 5.26 Å². The van der Waals surface area contributed by atoms with E-state index < -0.39 is 10.0 Å². The predicted molar refractivity (Wildman–Crippen MR) is 74.4 cm³/mol. The van der Waals surface area contributed by atoms with Gasteiger partial charge < -0.3 is 4.90 Å². The summed E-state index contributed by atoms with van der Waals surface area (Å²) >= 11 is 0. The second kappa shape index (κ2) is 6.31. The van der Waals surface area contributed by atoms with E-state index in [0.717, 1.165) is 13.1 Å². The predicted octanol–water partition coefficient (Wildman–Crippen LogP) is 0.716. The smallest absolute Gasteiger partial charge is 0.242 e. The lowest BCUT2D eigenvalue weighted by molar-refractivity contribution is 0.313. The summed E-state index contributed by atoms with van der Waals surface area (Å²) in [5.74, 6) is 0. The van der Waals surface area contributed by atoms with Crippen LogP contribution in [0.1, 0.15) is 25.5 Å². The number of likely N-dealkylation sites (tertiary alicyclic amines) is 1. The molecule has 1 unspecified atom stereocenters. The molecule has 1 N–H and O–H groups in total. The largest absolute Gasteiger partial charge is 0.302 e. The lowest BCUT2D eigenvalue weighted by Gasteiger charge is -2.21. The number of rotatable bonds is 5. The topological polar surface area (TPSA) is 86.1 Å². The van der Waals surface area contributed by atoms with Gasteiger partial charge in [0.1, 0.15) is 16.7 Å². The maximum Gasteiger partial charge on any atom is 0.242 e. The molecule has 2 heterocycles. The Hall–Kier alpha value is -1.49. The molecule has 1 aromatic rings. The first-order chi connectivity index (χ1) is 9.51. The normalized spacial score (nSPS) is 17.8. The zero-order valence-corrected chi connectivity index (χ0v) is 12.2. The Kier molecular flexibility index (Phi) is 4.70. The van der Waals surface area contributed by atoms with Crippen LogP contribution in [-0.2, 0) is 10.0 Å². The zero-order chi connectivity index (χ0) is 14.6. The molecule has 0 bridgehead atoms. The Balaban J connectivity index is 2.00. The maximum atomic E-state index is 12.2. The van der Waals surface area contributed by atoms with Crippen LogP contribution in [0.4, 0.5) is 0 Å². The maximum absolute atomic E-state index is 12.2. The molecule has 108 valence electrons. The number of aromatic nitrogens is 1. The fourth-order valence-corrected chi connectivity index (χ4v) is 3.51. The molecule has 1 aliphatic heterocycles. The van der Waals surface area contributed by atoms with Gasteiger partial charge in [-0.15, -0.1) is 0 Å². The van der Waals surface area contributed by atoms with Crippen molar-refractivity contribution in [2.24, 2.45) is 0 Å². The van der Waals surface area contributed by atoms with Crippen LogP contribution in [0.5, 0.6) is 0 Å². The molecule has 0 saturated carbocycles. The van der Waals surface area contributed by atoms with Crippen molar-refractivity contribution in [3.8, 4) is 6.07 Å². The number of sulfonamides is 1. The van der Waals surface area contributed by atoms with Crippen LogP contribution in [0, 0.1) is 11.3 Å². The third-order valence-corrected chi connectivity index (χ3v) is 4.82. The summed E-state index contributed by atoms with van der Waals surface area (Å²) < 4.78 is 27.0. The second-order valence-corrected chi connectivity index (χ2v) is 6.73. The highest BCUT2D eigenvalue weighted by Crippen LogP contribution is 2.11. The third-order valence-electron chi connectivity index (χ3n) is 3.25. The van der Waals surface area contributed by atoms with Gasteiger partial charge in [0.2, 0.25) is 10.0 Å². The van der Waals surface area contributed by atoms with Gasteiger partial charge in [0.25, 0.3) is 0 Å². The molecular formula is C13H18N4O2S. The molecule has 7 heteroatoms. The van der Waals surface area contributed by atoms with Gasteiger partial charge in [-0.3, -0.25) is 0 Å². The quantitative estimate of drug-likeness (QED) is 0.864. The molecular weight excluding hydrogens is 276 g/mol. The molecule has 0 aromatic carbocycles. The molecule has 6 nitrogen and oxygen atoms in total. The summed E-state index contributed by atoms with van der Waals surface area (Å²) in [7, 11) is -3.57. The first-order valence-electron chi connectivity index (χ1n) is 6.62. The molecule has 1 saturated heterocycles. The molecule has 1 aromatic heterocycles. The molecule has 1 aliphatic rings. The summed E-state index contributed by atoms with van der Waals surface area (Å²) in [4.78, 5) is 6.13. The van der Waals surface area contributed by atoms with Crippen molar-refractivity contribution in [3.05, 3.63) is 24.0 Å². The van der Waals surface area contributed by atoms with E-state index in [1.54, 1.807) is 0 Å². The van der Waals surface area contributed by atoms with Gasteiger partial charge in [-0.05, 0) is 45.0 Å². The average molecular weight is 294 g/mol. The van der Waals surface area contributed by atoms with E-state index in [9.17, 15) is 8.42 Å². The van der Waals surface area contributed by atoms with Crippen LogP contribution in [0.3, 0.4) is 0 Å². The van der Waals surface area contributed by atoms with Crippen molar-refractivity contribution >= 4 is 10.0 Å². The van der Waals surface area contributed by atoms with Crippen LogP contribution in [-0.4, -0.2) is 44.0 Å². The van der Waals surface area contributed by atoms with Crippen molar-refractivity contribution < 1.29 is 8.42 Å². The van der Waals surface area contributed by atoms with Gasteiger partial charge >= 0.3 is 0 Å². The van der Waals surface area contributed by atoms with E-state index in [-0.39, 0.29) is 16.6 Å². The second-order valence-electron chi connectivity index (χ2n) is 5.02. The monoisotopic (exact) mass is 294 g/mol. The van der Waals surface area contributed by atoms with Crippen LogP contribution in [0.2, 0.25) is 0 Å². The molecule has 1 fully saturated rings. The minimum atomic E-state index is -3.57. The van der Waals surface area contributed by atoms with E-state index in [0.29, 0.717) is 6.54 Å². The lowest BCUT2D eigenvalue weighted by Crippen LogP contribution is -2.41. The molecule has 1 atom stereocenters. The van der Waals surface area contributed by atoms with Crippen LogP contribution >= 0.6 is 0 Å². The number of hydrogen-bond donors (Lipinski definition) is 1. The molecule has 0 radical (unpaired) electrons. The van der Waals surface area contributed by atoms with Gasteiger partial charge in [0.05, 0.1) is 0 Å². The molecule has 2 rings (SSSR count). The first kappa shape index (κ1) is 14.9. The van der Waals surface area contributed by atoms with Gasteiger partial charge in [0, 0.05) is 18.8 Å². The summed E-state index contributed by atoms with van der Waals surface area (Å²) in [6, 6.07) is 4.50. The first-order valence-corrected chi connectivity index (χ1v) is 8.10. The highest BCUT2D eigenvalue weighted by molar-refractivity contribution is 7.89. The molecule has 0 spiro atoms. The Morgan fingerprint density at radius 1 is 1.45 bits per heavy atom. The third kappa shape index (κ3) is 3.76. The Morgan fingerprint density at radius 3 is 2.70 bits per heavy atom. The number of hydrogen-bond acceptors (Lipinski definition) is 5. The van der Waals surface area contributed by atoms with Crippen molar-refractivity contribution in [2.75, 3.05) is 19.6 Å². The molecule has 0 aliphatic carbocycles. The van der Waals surface area contributed by atoms with E-state index in [4.69, 9.17) is 5.26 Å². The van der Waals surface area contributed by atoms with Crippen LogP contribution in [0.25, 0.3) is 0 Å². The van der Waals surface area contributed by atoms with Gasteiger partial charge in [-0.25, -0.2) is 18.1 Å². The average Bonchev–Trinajstić information content (AvgIpc) is 2.91. The number of nitriles is 1. The van der Waals surface area contributed by atoms with Gasteiger partial charge in [-0.1, -0.05) is 0 Å². The molecule has 0 amide bonds. The number of nitrogens with one attached hydrogen (secondary N) is 1. The summed E-state index contributed by atoms with van der Waals surface area (Å²) in [5.41, 5.74) is 0.203. The van der Waals surface area contributed by atoms with Crippen molar-refractivity contribution in [1.82, 2.24) is 14.6 Å². The lowest BCUT2D eigenvalue weighted by atomic mass is 10.3. The van der Waals surface area contributed by atoms with Crippen molar-refractivity contribution in [1.29, 1.82) is 5.26 Å². The zero-order valence-electron chi connectivity index (χ0n) is 11.4.